The van der Waals surface area contributed by atoms with Gasteiger partial charge in [-0.1, -0.05) is 5.16 Å². The topological polar surface area (TPSA) is 66.6 Å². The quantitative estimate of drug-likeness (QED) is 0.828. The number of nitrogens with zero attached hydrogens (tertiary/aromatic N) is 2. The molecule has 1 amide bonds. The average Bonchev–Trinajstić information content (AvgIpc) is 3.01. The normalized spacial score (nSPS) is 22.4. The minimum absolute atomic E-state index is 0.0772. The van der Waals surface area contributed by atoms with Gasteiger partial charge < -0.3 is 14.5 Å². The minimum Gasteiger partial charge on any atom is -0.386 e. The molecule has 3 rings (SSSR count). The van der Waals surface area contributed by atoms with Crippen LogP contribution in [0, 0.1) is 19.8 Å². The Bertz CT molecular complexity index is 451. The maximum atomic E-state index is 12.2. The molecule has 1 N–H and O–H groups in total. The third-order valence-electron chi connectivity index (χ3n) is 3.80. The molecule has 1 aromatic rings. The van der Waals surface area contributed by atoms with Gasteiger partial charge in [0.05, 0.1) is 18.8 Å². The standard InChI is InChI=1S/C12H16N2O3/c1-7-10(8(2)17-13-7)11(15)14-5-12(16,6-14)9-3-4-9/h9,16H,3-6H2,1-2H3. The number of amides is 1. The summed E-state index contributed by atoms with van der Waals surface area (Å²) in [5.74, 6) is 0.872. The number of β-amino-alcohol motifs (C(OH)–C–C–N with tert-alkyl or cyclic N) is 1. The van der Waals surface area contributed by atoms with E-state index in [0.717, 1.165) is 12.8 Å². The van der Waals surface area contributed by atoms with E-state index in [1.54, 1.807) is 18.7 Å². The van der Waals surface area contributed by atoms with Gasteiger partial charge >= 0.3 is 0 Å². The van der Waals surface area contributed by atoms with E-state index in [0.29, 0.717) is 36.0 Å². The van der Waals surface area contributed by atoms with Crippen LogP contribution in [0.5, 0.6) is 0 Å². The minimum atomic E-state index is -0.630. The van der Waals surface area contributed by atoms with Crippen molar-refractivity contribution in [3.05, 3.63) is 17.0 Å². The van der Waals surface area contributed by atoms with E-state index < -0.39 is 5.60 Å². The molecule has 0 spiro atoms. The highest BCUT2D eigenvalue weighted by molar-refractivity contribution is 5.96. The zero-order valence-corrected chi connectivity index (χ0v) is 10.1. The number of aromatic nitrogens is 1. The van der Waals surface area contributed by atoms with Gasteiger partial charge in [-0.25, -0.2) is 0 Å². The zero-order chi connectivity index (χ0) is 12.2. The molecular weight excluding hydrogens is 220 g/mol. The lowest BCUT2D eigenvalue weighted by molar-refractivity contribution is -0.0958. The van der Waals surface area contributed by atoms with Gasteiger partial charge in [0.1, 0.15) is 16.9 Å². The van der Waals surface area contributed by atoms with Crippen LogP contribution in [0.15, 0.2) is 4.52 Å². The molecule has 1 aliphatic carbocycles. The number of carbonyl (C=O) groups excluding carboxylic acids is 1. The monoisotopic (exact) mass is 236 g/mol. The number of hydrogen-bond acceptors (Lipinski definition) is 4. The molecule has 1 saturated carbocycles. The summed E-state index contributed by atoms with van der Waals surface area (Å²) in [4.78, 5) is 13.8. The van der Waals surface area contributed by atoms with Crippen molar-refractivity contribution in [1.82, 2.24) is 10.1 Å². The molecule has 0 aromatic carbocycles. The number of likely N-dealkylation sites (tertiary alicyclic amines) is 1. The van der Waals surface area contributed by atoms with E-state index in [2.05, 4.69) is 5.16 Å². The van der Waals surface area contributed by atoms with Crippen molar-refractivity contribution < 1.29 is 14.4 Å². The lowest BCUT2D eigenvalue weighted by atomic mass is 9.88. The molecule has 1 aromatic heterocycles. The van der Waals surface area contributed by atoms with Gasteiger partial charge in [0, 0.05) is 0 Å². The summed E-state index contributed by atoms with van der Waals surface area (Å²) in [5.41, 5.74) is 0.534. The van der Waals surface area contributed by atoms with Gasteiger partial charge in [0.2, 0.25) is 0 Å². The van der Waals surface area contributed by atoms with E-state index in [1.165, 1.54) is 0 Å². The van der Waals surface area contributed by atoms with Crippen LogP contribution in [-0.4, -0.2) is 39.8 Å². The molecule has 0 atom stereocenters. The summed E-state index contributed by atoms with van der Waals surface area (Å²) in [5, 5.41) is 13.9. The molecule has 17 heavy (non-hydrogen) atoms. The lowest BCUT2D eigenvalue weighted by Crippen LogP contribution is -2.64. The van der Waals surface area contributed by atoms with Crippen molar-refractivity contribution in [3.8, 4) is 0 Å². The smallest absolute Gasteiger partial charge is 0.259 e. The predicted molar refractivity (Wildman–Crippen MR) is 59.6 cm³/mol. The molecule has 92 valence electrons. The Morgan fingerprint density at radius 1 is 1.47 bits per heavy atom. The highest BCUT2D eigenvalue weighted by Crippen LogP contribution is 2.44. The second-order valence-electron chi connectivity index (χ2n) is 5.24. The molecule has 0 bridgehead atoms. The van der Waals surface area contributed by atoms with Crippen LogP contribution in [0.4, 0.5) is 0 Å². The highest BCUT2D eigenvalue weighted by atomic mass is 16.5. The van der Waals surface area contributed by atoms with Crippen molar-refractivity contribution >= 4 is 5.91 Å². The maximum absolute atomic E-state index is 12.2. The summed E-state index contributed by atoms with van der Waals surface area (Å²) in [6.07, 6.45) is 2.17. The molecule has 2 fully saturated rings. The maximum Gasteiger partial charge on any atom is 0.259 e. The third kappa shape index (κ3) is 1.57. The molecule has 1 saturated heterocycles. The summed E-state index contributed by atoms with van der Waals surface area (Å²) in [7, 11) is 0. The number of aryl methyl sites for hydroxylation is 2. The van der Waals surface area contributed by atoms with Crippen LogP contribution >= 0.6 is 0 Å². The zero-order valence-electron chi connectivity index (χ0n) is 10.1. The fourth-order valence-corrected chi connectivity index (χ4v) is 2.58. The first kappa shape index (κ1) is 10.8. The van der Waals surface area contributed by atoms with Gasteiger partial charge in [0.25, 0.3) is 5.91 Å². The number of aliphatic hydroxyl groups is 1. The number of hydrogen-bond donors (Lipinski definition) is 1. The molecule has 0 radical (unpaired) electrons. The fourth-order valence-electron chi connectivity index (χ4n) is 2.58. The molecular formula is C12H16N2O3. The van der Waals surface area contributed by atoms with E-state index in [9.17, 15) is 9.90 Å². The van der Waals surface area contributed by atoms with Crippen molar-refractivity contribution in [3.63, 3.8) is 0 Å². The predicted octanol–water partition coefficient (Wildman–Crippen LogP) is 0.888. The van der Waals surface area contributed by atoms with Gasteiger partial charge in [-0.15, -0.1) is 0 Å². The lowest BCUT2D eigenvalue weighted by Gasteiger charge is -2.46. The Labute approximate surface area is 99.4 Å². The number of rotatable bonds is 2. The van der Waals surface area contributed by atoms with Crippen molar-refractivity contribution in [2.75, 3.05) is 13.1 Å². The molecule has 2 heterocycles. The van der Waals surface area contributed by atoms with E-state index in [1.807, 2.05) is 0 Å². The van der Waals surface area contributed by atoms with E-state index >= 15 is 0 Å². The van der Waals surface area contributed by atoms with Gasteiger partial charge in [0.15, 0.2) is 0 Å². The van der Waals surface area contributed by atoms with Crippen LogP contribution in [0.25, 0.3) is 0 Å². The first-order chi connectivity index (χ1) is 8.01. The van der Waals surface area contributed by atoms with Crippen molar-refractivity contribution in [2.24, 2.45) is 5.92 Å². The average molecular weight is 236 g/mol. The largest absolute Gasteiger partial charge is 0.386 e. The molecule has 0 unspecified atom stereocenters. The van der Waals surface area contributed by atoms with E-state index in [4.69, 9.17) is 4.52 Å². The van der Waals surface area contributed by atoms with Crippen LogP contribution in [0.1, 0.15) is 34.7 Å². The third-order valence-corrected chi connectivity index (χ3v) is 3.80. The van der Waals surface area contributed by atoms with Gasteiger partial charge in [-0.2, -0.15) is 0 Å². The second-order valence-corrected chi connectivity index (χ2v) is 5.24. The molecule has 1 aliphatic heterocycles. The molecule has 2 aliphatic rings. The first-order valence-corrected chi connectivity index (χ1v) is 5.96. The van der Waals surface area contributed by atoms with E-state index in [-0.39, 0.29) is 5.91 Å². The Kier molecular flexibility index (Phi) is 2.10. The van der Waals surface area contributed by atoms with Crippen molar-refractivity contribution in [2.45, 2.75) is 32.3 Å². The van der Waals surface area contributed by atoms with Crippen LogP contribution in [-0.2, 0) is 0 Å². The Morgan fingerprint density at radius 3 is 2.59 bits per heavy atom. The van der Waals surface area contributed by atoms with Crippen LogP contribution < -0.4 is 0 Å². The Morgan fingerprint density at radius 2 is 2.12 bits per heavy atom. The Hall–Kier alpha value is -1.36. The number of carbonyl (C=O) groups is 1. The van der Waals surface area contributed by atoms with Crippen LogP contribution in [0.3, 0.4) is 0 Å². The van der Waals surface area contributed by atoms with Gasteiger partial charge in [-0.05, 0) is 32.6 Å². The summed E-state index contributed by atoms with van der Waals surface area (Å²) in [6, 6.07) is 0. The van der Waals surface area contributed by atoms with Crippen molar-refractivity contribution in [1.29, 1.82) is 0 Å². The second kappa shape index (κ2) is 3.32. The SMILES string of the molecule is Cc1noc(C)c1C(=O)N1CC(O)(C2CC2)C1. The molecule has 5 heteroatoms. The van der Waals surface area contributed by atoms with Gasteiger partial charge in [-0.3, -0.25) is 4.79 Å². The molecule has 5 nitrogen and oxygen atoms in total. The highest BCUT2D eigenvalue weighted by Gasteiger charge is 2.53. The summed E-state index contributed by atoms with van der Waals surface area (Å²) < 4.78 is 4.99. The first-order valence-electron chi connectivity index (χ1n) is 5.96. The fraction of sp³-hybridized carbons (Fsp3) is 0.667. The van der Waals surface area contributed by atoms with Crippen LogP contribution in [0.2, 0.25) is 0 Å². The summed E-state index contributed by atoms with van der Waals surface area (Å²) >= 11 is 0. The summed E-state index contributed by atoms with van der Waals surface area (Å²) in [6.45, 7) is 4.39. The Balaban J connectivity index is 1.73.